The zero-order valence-corrected chi connectivity index (χ0v) is 21.1. The number of nitrogens with zero attached hydrogens (tertiary/aromatic N) is 1. The van der Waals surface area contributed by atoms with E-state index in [1.165, 1.54) is 54.6 Å². The Hall–Kier alpha value is -3.68. The summed E-state index contributed by atoms with van der Waals surface area (Å²) in [7, 11) is -4.15. The van der Waals surface area contributed by atoms with Gasteiger partial charge in [-0.15, -0.1) is 0 Å². The number of halogens is 2. The number of hydrogen-bond donors (Lipinski definition) is 1. The molecule has 0 aliphatic heterocycles. The van der Waals surface area contributed by atoms with Crippen LogP contribution < -0.4 is 14.2 Å². The topological polar surface area (TPSA) is 105 Å². The van der Waals surface area contributed by atoms with Crippen LogP contribution in [-0.2, 0) is 14.9 Å². The molecule has 0 unspecified atom stereocenters. The fourth-order valence-corrected chi connectivity index (χ4v) is 4.53. The second-order valence-electron chi connectivity index (χ2n) is 7.24. The number of ether oxygens (including phenoxy) is 1. The Morgan fingerprint density at radius 3 is 2.40 bits per heavy atom. The molecule has 180 valence electrons. The lowest BCUT2D eigenvalue weighted by Crippen LogP contribution is -2.13. The summed E-state index contributed by atoms with van der Waals surface area (Å²) in [4.78, 5) is 12.5. The van der Waals surface area contributed by atoms with Crippen molar-refractivity contribution in [3.05, 3.63) is 87.7 Å². The molecule has 0 radical (unpaired) electrons. The molecule has 0 bridgehead atoms. The SMILES string of the molecule is CCOc1cc(/C=C(\C#N)C(=O)Nc2ccc(F)cc2)cc(Br)c1OS(=O)(=O)c1ccc(C)cc1. The molecule has 1 amide bonds. The number of nitrogens with one attached hydrogen (secondary N) is 1. The molecule has 1 N–H and O–H groups in total. The van der Waals surface area contributed by atoms with Crippen molar-refractivity contribution in [2.45, 2.75) is 18.7 Å². The molecule has 0 fully saturated rings. The molecule has 0 spiro atoms. The van der Waals surface area contributed by atoms with Crippen LogP contribution >= 0.6 is 15.9 Å². The summed E-state index contributed by atoms with van der Waals surface area (Å²) in [5.41, 5.74) is 1.36. The van der Waals surface area contributed by atoms with Gasteiger partial charge in [0.2, 0.25) is 0 Å². The van der Waals surface area contributed by atoms with Crippen molar-refractivity contribution in [2.75, 3.05) is 11.9 Å². The molecule has 3 rings (SSSR count). The first kappa shape index (κ1) is 25.9. The summed E-state index contributed by atoms with van der Waals surface area (Å²) >= 11 is 3.30. The number of hydrogen-bond acceptors (Lipinski definition) is 6. The Bertz CT molecular complexity index is 1410. The fraction of sp³-hybridized carbons (Fsp3) is 0.120. The maximum Gasteiger partial charge on any atom is 0.339 e. The second-order valence-corrected chi connectivity index (χ2v) is 9.65. The minimum absolute atomic E-state index is 0.0225. The normalized spacial score (nSPS) is 11.5. The number of carbonyl (C=O) groups is 1. The van der Waals surface area contributed by atoms with Crippen LogP contribution in [-0.4, -0.2) is 20.9 Å². The summed E-state index contributed by atoms with van der Waals surface area (Å²) in [6, 6.07) is 16.1. The van der Waals surface area contributed by atoms with Gasteiger partial charge in [-0.1, -0.05) is 17.7 Å². The van der Waals surface area contributed by atoms with Gasteiger partial charge in [-0.05, 0) is 89.9 Å². The summed E-state index contributed by atoms with van der Waals surface area (Å²) in [5, 5.41) is 12.0. The van der Waals surface area contributed by atoms with Crippen molar-refractivity contribution in [2.24, 2.45) is 0 Å². The highest BCUT2D eigenvalue weighted by Gasteiger charge is 2.22. The highest BCUT2D eigenvalue weighted by Crippen LogP contribution is 2.39. The zero-order chi connectivity index (χ0) is 25.6. The van der Waals surface area contributed by atoms with E-state index in [4.69, 9.17) is 8.92 Å². The number of carbonyl (C=O) groups excluding carboxylic acids is 1. The lowest BCUT2D eigenvalue weighted by atomic mass is 10.1. The molecule has 7 nitrogen and oxygen atoms in total. The third-order valence-electron chi connectivity index (χ3n) is 4.61. The number of anilines is 1. The summed E-state index contributed by atoms with van der Waals surface area (Å²) in [5.74, 6) is -1.13. The Kier molecular flexibility index (Phi) is 8.27. The van der Waals surface area contributed by atoms with E-state index in [1.807, 2.05) is 13.0 Å². The number of aryl methyl sites for hydroxylation is 1. The van der Waals surface area contributed by atoms with Crippen LogP contribution in [0.1, 0.15) is 18.1 Å². The van der Waals surface area contributed by atoms with Gasteiger partial charge in [-0.2, -0.15) is 13.7 Å². The third kappa shape index (κ3) is 6.68. The van der Waals surface area contributed by atoms with Crippen molar-refractivity contribution >= 4 is 43.7 Å². The maximum absolute atomic E-state index is 13.1. The fourth-order valence-electron chi connectivity index (χ4n) is 2.92. The average Bonchev–Trinajstić information content (AvgIpc) is 2.81. The summed E-state index contributed by atoms with van der Waals surface area (Å²) in [6.45, 7) is 3.75. The van der Waals surface area contributed by atoms with E-state index < -0.39 is 21.8 Å². The quantitative estimate of drug-likeness (QED) is 0.219. The van der Waals surface area contributed by atoms with Crippen LogP contribution in [0.15, 0.2) is 75.6 Å². The standard InChI is InChI=1S/C25H20BrFN2O5S/c1-3-33-23-14-17(12-18(15-28)25(30)29-20-8-6-19(27)7-9-20)13-22(26)24(23)34-35(31,32)21-10-4-16(2)5-11-21/h4-14H,3H2,1-2H3,(H,29,30)/b18-12+. The molecule has 0 saturated heterocycles. The molecule has 0 aromatic heterocycles. The van der Waals surface area contributed by atoms with E-state index in [-0.39, 0.29) is 33.0 Å². The van der Waals surface area contributed by atoms with E-state index in [2.05, 4.69) is 21.2 Å². The van der Waals surface area contributed by atoms with E-state index in [0.717, 1.165) is 5.56 Å². The van der Waals surface area contributed by atoms with E-state index in [1.54, 1.807) is 19.1 Å². The maximum atomic E-state index is 13.1. The third-order valence-corrected chi connectivity index (χ3v) is 6.44. The van der Waals surface area contributed by atoms with E-state index >= 15 is 0 Å². The Morgan fingerprint density at radius 2 is 1.80 bits per heavy atom. The van der Waals surface area contributed by atoms with Gasteiger partial charge in [-0.3, -0.25) is 4.79 Å². The predicted molar refractivity (Wildman–Crippen MR) is 133 cm³/mol. The van der Waals surface area contributed by atoms with Gasteiger partial charge in [0.05, 0.1) is 11.1 Å². The number of rotatable bonds is 8. The van der Waals surface area contributed by atoms with Crippen molar-refractivity contribution in [1.82, 2.24) is 0 Å². The number of amides is 1. The molecule has 0 heterocycles. The molecule has 35 heavy (non-hydrogen) atoms. The largest absolute Gasteiger partial charge is 0.490 e. The molecule has 0 aliphatic rings. The van der Waals surface area contributed by atoms with Crippen LogP contribution in [0.25, 0.3) is 6.08 Å². The Morgan fingerprint density at radius 1 is 1.14 bits per heavy atom. The van der Waals surface area contributed by atoms with Gasteiger partial charge >= 0.3 is 10.1 Å². The first-order valence-electron chi connectivity index (χ1n) is 10.3. The van der Waals surface area contributed by atoms with Gasteiger partial charge < -0.3 is 14.2 Å². The van der Waals surface area contributed by atoms with Gasteiger partial charge in [0.15, 0.2) is 11.5 Å². The Labute approximate surface area is 211 Å². The van der Waals surface area contributed by atoms with Crippen LogP contribution in [0, 0.1) is 24.1 Å². The minimum Gasteiger partial charge on any atom is -0.490 e. The van der Waals surface area contributed by atoms with E-state index in [9.17, 15) is 22.9 Å². The first-order chi connectivity index (χ1) is 16.6. The monoisotopic (exact) mass is 558 g/mol. The molecule has 3 aromatic rings. The second kappa shape index (κ2) is 11.2. The molecule has 0 aliphatic carbocycles. The molecule has 0 saturated carbocycles. The average molecular weight is 559 g/mol. The lowest BCUT2D eigenvalue weighted by molar-refractivity contribution is -0.112. The van der Waals surface area contributed by atoms with E-state index in [0.29, 0.717) is 11.3 Å². The van der Waals surface area contributed by atoms with Gasteiger partial charge in [0, 0.05) is 5.69 Å². The first-order valence-corrected chi connectivity index (χ1v) is 12.5. The predicted octanol–water partition coefficient (Wildman–Crippen LogP) is 5.61. The molecule has 0 atom stereocenters. The van der Waals surface area contributed by atoms with Crippen molar-refractivity contribution < 1.29 is 26.5 Å². The summed E-state index contributed by atoms with van der Waals surface area (Å²) in [6.07, 6.45) is 1.31. The van der Waals surface area contributed by atoms with Crippen molar-refractivity contribution in [3.63, 3.8) is 0 Å². The molecule has 3 aromatic carbocycles. The van der Waals surface area contributed by atoms with Crippen molar-refractivity contribution in [1.29, 1.82) is 5.26 Å². The van der Waals surface area contributed by atoms with Gasteiger partial charge in [0.25, 0.3) is 5.91 Å². The Balaban J connectivity index is 1.93. The zero-order valence-electron chi connectivity index (χ0n) is 18.7. The number of nitriles is 1. The highest BCUT2D eigenvalue weighted by molar-refractivity contribution is 9.10. The highest BCUT2D eigenvalue weighted by atomic mass is 79.9. The molecule has 10 heteroatoms. The van der Waals surface area contributed by atoms with Crippen LogP contribution in [0.4, 0.5) is 10.1 Å². The van der Waals surface area contributed by atoms with Crippen LogP contribution in [0.5, 0.6) is 11.5 Å². The number of benzene rings is 3. The lowest BCUT2D eigenvalue weighted by Gasteiger charge is -2.15. The van der Waals surface area contributed by atoms with Crippen molar-refractivity contribution in [3.8, 4) is 17.6 Å². The summed E-state index contributed by atoms with van der Waals surface area (Å²) < 4.78 is 49.8. The smallest absolute Gasteiger partial charge is 0.339 e. The van der Waals surface area contributed by atoms with Gasteiger partial charge in [-0.25, -0.2) is 4.39 Å². The van der Waals surface area contributed by atoms with Crippen LogP contribution in [0.2, 0.25) is 0 Å². The molecular formula is C25H20BrFN2O5S. The minimum atomic E-state index is -4.15. The molecular weight excluding hydrogens is 539 g/mol. The van der Waals surface area contributed by atoms with Gasteiger partial charge in [0.1, 0.15) is 22.4 Å². The van der Waals surface area contributed by atoms with Crippen LogP contribution in [0.3, 0.4) is 0 Å².